The van der Waals surface area contributed by atoms with Crippen molar-refractivity contribution in [1.29, 1.82) is 0 Å². The second-order valence-electron chi connectivity index (χ2n) is 3.65. The molecule has 0 spiro atoms. The lowest BCUT2D eigenvalue weighted by atomic mass is 10.2. The number of hydrogen-bond acceptors (Lipinski definition) is 3. The number of nitrogens with zero attached hydrogens (tertiary/aromatic N) is 3. The summed E-state index contributed by atoms with van der Waals surface area (Å²) >= 11 is 0. The van der Waals surface area contributed by atoms with E-state index in [2.05, 4.69) is 10.3 Å². The highest BCUT2D eigenvalue weighted by molar-refractivity contribution is 5.31. The van der Waals surface area contributed by atoms with Gasteiger partial charge in [0, 0.05) is 12.5 Å². The summed E-state index contributed by atoms with van der Waals surface area (Å²) in [6.45, 7) is 1.97. The number of aromatic nitrogens is 3. The predicted molar refractivity (Wildman–Crippen MR) is 58.7 cm³/mol. The van der Waals surface area contributed by atoms with Gasteiger partial charge in [0.25, 0.3) is 0 Å². The first-order valence-corrected chi connectivity index (χ1v) is 4.98. The minimum atomic E-state index is 0.117. The van der Waals surface area contributed by atoms with Gasteiger partial charge in [-0.1, -0.05) is 23.4 Å². The molecule has 0 aliphatic rings. The van der Waals surface area contributed by atoms with Crippen LogP contribution < -0.4 is 5.73 Å². The van der Waals surface area contributed by atoms with Gasteiger partial charge in [-0.15, -0.1) is 5.10 Å². The Labute approximate surface area is 88.7 Å². The molecule has 1 aromatic carbocycles. The smallest absolute Gasteiger partial charge is 0.0730 e. The van der Waals surface area contributed by atoms with Gasteiger partial charge in [0.05, 0.1) is 17.6 Å². The summed E-state index contributed by atoms with van der Waals surface area (Å²) in [6.07, 6.45) is 2.54. The van der Waals surface area contributed by atoms with Gasteiger partial charge in [-0.3, -0.25) is 0 Å². The SMILES string of the molecule is CC(N)Cc1cnnn1-c1ccccc1. The van der Waals surface area contributed by atoms with E-state index in [0.717, 1.165) is 17.8 Å². The first-order chi connectivity index (χ1) is 7.27. The quantitative estimate of drug-likeness (QED) is 0.812. The van der Waals surface area contributed by atoms with E-state index in [-0.39, 0.29) is 6.04 Å². The molecule has 15 heavy (non-hydrogen) atoms. The van der Waals surface area contributed by atoms with Crippen LogP contribution in [0.15, 0.2) is 36.5 Å². The van der Waals surface area contributed by atoms with Gasteiger partial charge in [-0.05, 0) is 19.1 Å². The van der Waals surface area contributed by atoms with E-state index in [9.17, 15) is 0 Å². The van der Waals surface area contributed by atoms with Crippen molar-refractivity contribution >= 4 is 0 Å². The van der Waals surface area contributed by atoms with E-state index in [1.165, 1.54) is 0 Å². The molecule has 2 N–H and O–H groups in total. The van der Waals surface area contributed by atoms with E-state index in [4.69, 9.17) is 5.73 Å². The summed E-state index contributed by atoms with van der Waals surface area (Å²) in [5.41, 5.74) is 7.82. The highest BCUT2D eigenvalue weighted by Crippen LogP contribution is 2.09. The highest BCUT2D eigenvalue weighted by Gasteiger charge is 2.07. The van der Waals surface area contributed by atoms with Crippen LogP contribution in [0.4, 0.5) is 0 Å². The Morgan fingerprint density at radius 3 is 2.73 bits per heavy atom. The average molecular weight is 202 g/mol. The monoisotopic (exact) mass is 202 g/mol. The Kier molecular flexibility index (Phi) is 2.78. The summed E-state index contributed by atoms with van der Waals surface area (Å²) < 4.78 is 1.82. The fourth-order valence-electron chi connectivity index (χ4n) is 1.51. The van der Waals surface area contributed by atoms with Gasteiger partial charge in [0.2, 0.25) is 0 Å². The lowest BCUT2D eigenvalue weighted by molar-refractivity contribution is 0.682. The molecular weight excluding hydrogens is 188 g/mol. The Balaban J connectivity index is 2.33. The first-order valence-electron chi connectivity index (χ1n) is 4.98. The third kappa shape index (κ3) is 2.22. The van der Waals surface area contributed by atoms with E-state index in [1.807, 2.05) is 41.9 Å². The zero-order valence-electron chi connectivity index (χ0n) is 8.67. The number of hydrogen-bond donors (Lipinski definition) is 1. The summed E-state index contributed by atoms with van der Waals surface area (Å²) in [5, 5.41) is 7.96. The van der Waals surface area contributed by atoms with Gasteiger partial charge in [-0.2, -0.15) is 0 Å². The second-order valence-corrected chi connectivity index (χ2v) is 3.65. The number of benzene rings is 1. The summed E-state index contributed by atoms with van der Waals surface area (Å²) in [6, 6.07) is 10.1. The maximum atomic E-state index is 5.76. The highest BCUT2D eigenvalue weighted by atomic mass is 15.4. The topological polar surface area (TPSA) is 56.7 Å². The lowest BCUT2D eigenvalue weighted by Gasteiger charge is -2.07. The van der Waals surface area contributed by atoms with Crippen LogP contribution in [0.25, 0.3) is 5.69 Å². The number of para-hydroxylation sites is 1. The molecule has 0 fully saturated rings. The number of nitrogens with two attached hydrogens (primary N) is 1. The van der Waals surface area contributed by atoms with Crippen LogP contribution >= 0.6 is 0 Å². The standard InChI is InChI=1S/C11H14N4/c1-9(12)7-11-8-13-14-15(11)10-5-3-2-4-6-10/h2-6,8-9H,7,12H2,1H3. The summed E-state index contributed by atoms with van der Waals surface area (Å²) in [7, 11) is 0. The minimum Gasteiger partial charge on any atom is -0.328 e. The fraction of sp³-hybridized carbons (Fsp3) is 0.273. The van der Waals surface area contributed by atoms with E-state index in [1.54, 1.807) is 6.20 Å². The molecule has 0 saturated carbocycles. The van der Waals surface area contributed by atoms with Gasteiger partial charge in [0.15, 0.2) is 0 Å². The maximum absolute atomic E-state index is 5.76. The van der Waals surface area contributed by atoms with Crippen LogP contribution in [0.5, 0.6) is 0 Å². The van der Waals surface area contributed by atoms with E-state index >= 15 is 0 Å². The first kappa shape index (κ1) is 9.86. The Morgan fingerprint density at radius 1 is 1.33 bits per heavy atom. The fourth-order valence-corrected chi connectivity index (χ4v) is 1.51. The molecule has 0 radical (unpaired) electrons. The Hall–Kier alpha value is -1.68. The van der Waals surface area contributed by atoms with Crippen molar-refractivity contribution in [1.82, 2.24) is 15.0 Å². The molecule has 0 aliphatic heterocycles. The zero-order chi connectivity index (χ0) is 10.7. The molecule has 4 heteroatoms. The Bertz CT molecular complexity index is 419. The molecule has 1 aromatic heterocycles. The van der Waals surface area contributed by atoms with Gasteiger partial charge in [-0.25, -0.2) is 4.68 Å². The van der Waals surface area contributed by atoms with Crippen molar-refractivity contribution in [3.8, 4) is 5.69 Å². The predicted octanol–water partition coefficient (Wildman–Crippen LogP) is 1.16. The van der Waals surface area contributed by atoms with Crippen molar-refractivity contribution in [2.45, 2.75) is 19.4 Å². The summed E-state index contributed by atoms with van der Waals surface area (Å²) in [5.74, 6) is 0. The van der Waals surface area contributed by atoms with Crippen LogP contribution in [-0.4, -0.2) is 21.0 Å². The van der Waals surface area contributed by atoms with Crippen LogP contribution in [0.1, 0.15) is 12.6 Å². The van der Waals surface area contributed by atoms with Crippen LogP contribution in [0.3, 0.4) is 0 Å². The van der Waals surface area contributed by atoms with Gasteiger partial charge >= 0.3 is 0 Å². The minimum absolute atomic E-state index is 0.117. The van der Waals surface area contributed by atoms with Crippen LogP contribution in [-0.2, 0) is 6.42 Å². The second kappa shape index (κ2) is 4.23. The molecule has 2 rings (SSSR count). The molecule has 0 aliphatic carbocycles. The summed E-state index contributed by atoms with van der Waals surface area (Å²) in [4.78, 5) is 0. The molecule has 0 saturated heterocycles. The van der Waals surface area contributed by atoms with E-state index < -0.39 is 0 Å². The van der Waals surface area contributed by atoms with Crippen LogP contribution in [0.2, 0.25) is 0 Å². The van der Waals surface area contributed by atoms with Crippen molar-refractivity contribution in [2.24, 2.45) is 5.73 Å². The molecule has 78 valence electrons. The molecule has 0 amide bonds. The van der Waals surface area contributed by atoms with Gasteiger partial charge < -0.3 is 5.73 Å². The third-order valence-electron chi connectivity index (χ3n) is 2.15. The normalized spacial score (nSPS) is 12.7. The molecule has 4 nitrogen and oxygen atoms in total. The molecule has 1 atom stereocenters. The lowest BCUT2D eigenvalue weighted by Crippen LogP contribution is -2.19. The maximum Gasteiger partial charge on any atom is 0.0730 e. The van der Waals surface area contributed by atoms with Gasteiger partial charge in [0.1, 0.15) is 0 Å². The molecular formula is C11H14N4. The Morgan fingerprint density at radius 2 is 2.07 bits per heavy atom. The molecule has 2 aromatic rings. The average Bonchev–Trinajstić information content (AvgIpc) is 2.66. The van der Waals surface area contributed by atoms with Crippen molar-refractivity contribution in [2.75, 3.05) is 0 Å². The third-order valence-corrected chi connectivity index (χ3v) is 2.15. The number of rotatable bonds is 3. The largest absolute Gasteiger partial charge is 0.328 e. The molecule has 0 bridgehead atoms. The van der Waals surface area contributed by atoms with Crippen molar-refractivity contribution < 1.29 is 0 Å². The van der Waals surface area contributed by atoms with Crippen molar-refractivity contribution in [3.63, 3.8) is 0 Å². The molecule has 1 unspecified atom stereocenters. The van der Waals surface area contributed by atoms with Crippen molar-refractivity contribution in [3.05, 3.63) is 42.2 Å². The molecule has 1 heterocycles. The zero-order valence-corrected chi connectivity index (χ0v) is 8.67. The van der Waals surface area contributed by atoms with E-state index in [0.29, 0.717) is 0 Å². The van der Waals surface area contributed by atoms with Crippen LogP contribution in [0, 0.1) is 0 Å².